The molecule has 0 fully saturated rings. The minimum absolute atomic E-state index is 0.0210. The smallest absolute Gasteiger partial charge is 0.344 e. The molecule has 0 bridgehead atoms. The molecule has 1 aromatic rings. The number of non-ortho nitro benzene ring substituents is 1. The second-order valence-electron chi connectivity index (χ2n) is 4.41. The summed E-state index contributed by atoms with van der Waals surface area (Å²) in [6, 6.07) is 4.23. The fourth-order valence-electron chi connectivity index (χ4n) is 1.58. The summed E-state index contributed by atoms with van der Waals surface area (Å²) in [6.45, 7) is 3.66. The number of carbonyl (C=O) groups excluding carboxylic acids is 1. The number of nitro groups is 1. The Kier molecular flexibility index (Phi) is 5.92. The van der Waals surface area contributed by atoms with Gasteiger partial charge in [0.1, 0.15) is 5.75 Å². The highest BCUT2D eigenvalue weighted by molar-refractivity contribution is 5.71. The van der Waals surface area contributed by atoms with Crippen LogP contribution in [0.3, 0.4) is 0 Å². The first-order chi connectivity index (χ1) is 9.43. The molecule has 0 aromatic heterocycles. The van der Waals surface area contributed by atoms with Crippen LogP contribution < -0.4 is 10.1 Å². The first-order valence-corrected chi connectivity index (χ1v) is 6.18. The largest absolute Gasteiger partial charge is 0.482 e. The van der Waals surface area contributed by atoms with Crippen LogP contribution in [-0.4, -0.2) is 30.7 Å². The molecule has 7 heteroatoms. The van der Waals surface area contributed by atoms with Crippen LogP contribution >= 0.6 is 0 Å². The van der Waals surface area contributed by atoms with Crippen LogP contribution in [0.25, 0.3) is 0 Å². The molecule has 0 spiro atoms. The number of ether oxygens (including phenoxy) is 2. The summed E-state index contributed by atoms with van der Waals surface area (Å²) in [7, 11) is 1.72. The lowest BCUT2D eigenvalue weighted by Gasteiger charge is -2.12. The molecule has 0 aliphatic heterocycles. The van der Waals surface area contributed by atoms with E-state index in [1.807, 2.05) is 0 Å². The Balaban J connectivity index is 2.78. The molecule has 0 saturated carbocycles. The molecular formula is C13H18N2O5. The first kappa shape index (κ1) is 15.9. The molecular weight excluding hydrogens is 264 g/mol. The van der Waals surface area contributed by atoms with Crippen molar-refractivity contribution in [3.05, 3.63) is 33.9 Å². The van der Waals surface area contributed by atoms with Crippen molar-refractivity contribution in [3.8, 4) is 5.75 Å². The second kappa shape index (κ2) is 7.44. The van der Waals surface area contributed by atoms with Crippen molar-refractivity contribution >= 4 is 11.7 Å². The molecule has 1 aromatic carbocycles. The van der Waals surface area contributed by atoms with Crippen molar-refractivity contribution in [3.63, 3.8) is 0 Å². The summed E-state index contributed by atoms with van der Waals surface area (Å²) in [5.41, 5.74) is 0.589. The van der Waals surface area contributed by atoms with Gasteiger partial charge in [0, 0.05) is 24.2 Å². The molecule has 0 amide bonds. The Morgan fingerprint density at radius 3 is 2.70 bits per heavy atom. The zero-order valence-corrected chi connectivity index (χ0v) is 11.7. The van der Waals surface area contributed by atoms with Gasteiger partial charge in [-0.3, -0.25) is 10.1 Å². The molecule has 7 nitrogen and oxygen atoms in total. The minimum atomic E-state index is -0.478. The van der Waals surface area contributed by atoms with Crippen LogP contribution in [0.1, 0.15) is 19.4 Å². The molecule has 0 atom stereocenters. The van der Waals surface area contributed by atoms with E-state index in [1.54, 1.807) is 20.9 Å². The summed E-state index contributed by atoms with van der Waals surface area (Å²) in [6.07, 6.45) is -0.209. The third-order valence-electron chi connectivity index (χ3n) is 2.33. The van der Waals surface area contributed by atoms with Crippen molar-refractivity contribution in [1.29, 1.82) is 0 Å². The topological polar surface area (TPSA) is 90.7 Å². The fourth-order valence-corrected chi connectivity index (χ4v) is 1.58. The van der Waals surface area contributed by atoms with Crippen LogP contribution in [0.15, 0.2) is 18.2 Å². The van der Waals surface area contributed by atoms with Crippen molar-refractivity contribution in [2.75, 3.05) is 13.7 Å². The molecule has 1 rings (SSSR count). The van der Waals surface area contributed by atoms with E-state index in [1.165, 1.54) is 18.2 Å². The number of esters is 1. The molecule has 0 unspecified atom stereocenters. The molecule has 0 saturated heterocycles. The number of rotatable bonds is 7. The van der Waals surface area contributed by atoms with E-state index in [0.29, 0.717) is 17.9 Å². The molecule has 0 heterocycles. The Morgan fingerprint density at radius 2 is 2.15 bits per heavy atom. The third-order valence-corrected chi connectivity index (χ3v) is 2.33. The lowest BCUT2D eigenvalue weighted by molar-refractivity contribution is -0.384. The Morgan fingerprint density at radius 1 is 1.45 bits per heavy atom. The number of carbonyl (C=O) groups is 1. The van der Waals surface area contributed by atoms with E-state index in [9.17, 15) is 14.9 Å². The quantitative estimate of drug-likeness (QED) is 0.464. The van der Waals surface area contributed by atoms with Gasteiger partial charge in [0.25, 0.3) is 5.69 Å². The highest BCUT2D eigenvalue weighted by Crippen LogP contribution is 2.24. The first-order valence-electron chi connectivity index (χ1n) is 6.18. The highest BCUT2D eigenvalue weighted by atomic mass is 16.6. The van der Waals surface area contributed by atoms with Gasteiger partial charge >= 0.3 is 5.97 Å². The van der Waals surface area contributed by atoms with Crippen molar-refractivity contribution in [1.82, 2.24) is 5.32 Å². The van der Waals surface area contributed by atoms with Gasteiger partial charge in [0.05, 0.1) is 11.0 Å². The normalized spacial score (nSPS) is 10.4. The SMILES string of the molecule is CNCc1cc([N+](=O)[O-])ccc1OCC(=O)OC(C)C. The van der Waals surface area contributed by atoms with E-state index in [0.717, 1.165) is 0 Å². The van der Waals surface area contributed by atoms with E-state index < -0.39 is 10.9 Å². The van der Waals surface area contributed by atoms with Gasteiger partial charge in [0.15, 0.2) is 6.61 Å². The van der Waals surface area contributed by atoms with Gasteiger partial charge in [0.2, 0.25) is 0 Å². The molecule has 0 radical (unpaired) electrons. The summed E-state index contributed by atoms with van der Waals surface area (Å²) in [4.78, 5) is 21.7. The number of hydrogen-bond donors (Lipinski definition) is 1. The maximum absolute atomic E-state index is 11.4. The molecule has 1 N–H and O–H groups in total. The van der Waals surface area contributed by atoms with E-state index in [2.05, 4.69) is 5.32 Å². The van der Waals surface area contributed by atoms with Gasteiger partial charge in [-0.1, -0.05) is 0 Å². The number of hydrogen-bond acceptors (Lipinski definition) is 6. The third kappa shape index (κ3) is 4.85. The van der Waals surface area contributed by atoms with Crippen molar-refractivity contribution in [2.45, 2.75) is 26.5 Å². The van der Waals surface area contributed by atoms with Gasteiger partial charge in [-0.05, 0) is 27.0 Å². The summed E-state index contributed by atoms with van der Waals surface area (Å²) >= 11 is 0. The van der Waals surface area contributed by atoms with Gasteiger partial charge < -0.3 is 14.8 Å². The van der Waals surface area contributed by atoms with Crippen molar-refractivity contribution < 1.29 is 19.2 Å². The molecule has 0 aliphatic carbocycles. The van der Waals surface area contributed by atoms with Crippen LogP contribution in [-0.2, 0) is 16.1 Å². The van der Waals surface area contributed by atoms with E-state index >= 15 is 0 Å². The van der Waals surface area contributed by atoms with Gasteiger partial charge in [-0.2, -0.15) is 0 Å². The predicted molar refractivity (Wildman–Crippen MR) is 72.6 cm³/mol. The predicted octanol–water partition coefficient (Wildman–Crippen LogP) is 1.64. The number of nitro benzene ring substituents is 1. The van der Waals surface area contributed by atoms with Gasteiger partial charge in [-0.15, -0.1) is 0 Å². The van der Waals surface area contributed by atoms with Crippen LogP contribution in [0.2, 0.25) is 0 Å². The van der Waals surface area contributed by atoms with Crippen molar-refractivity contribution in [2.24, 2.45) is 0 Å². The fraction of sp³-hybridized carbons (Fsp3) is 0.462. The second-order valence-corrected chi connectivity index (χ2v) is 4.41. The van der Waals surface area contributed by atoms with Crippen LogP contribution in [0, 0.1) is 10.1 Å². The minimum Gasteiger partial charge on any atom is -0.482 e. The standard InChI is InChI=1S/C13H18N2O5/c1-9(2)20-13(16)8-19-12-5-4-11(15(17)18)6-10(12)7-14-3/h4-6,9,14H,7-8H2,1-3H3. The summed E-state index contributed by atoms with van der Waals surface area (Å²) < 4.78 is 10.3. The zero-order chi connectivity index (χ0) is 15.1. The average Bonchev–Trinajstić information content (AvgIpc) is 2.36. The van der Waals surface area contributed by atoms with E-state index in [4.69, 9.17) is 9.47 Å². The maximum atomic E-state index is 11.4. The average molecular weight is 282 g/mol. The Labute approximate surface area is 117 Å². The maximum Gasteiger partial charge on any atom is 0.344 e. The lowest BCUT2D eigenvalue weighted by Crippen LogP contribution is -2.19. The molecule has 20 heavy (non-hydrogen) atoms. The Bertz CT molecular complexity index is 488. The number of nitrogens with zero attached hydrogens (tertiary/aromatic N) is 1. The highest BCUT2D eigenvalue weighted by Gasteiger charge is 2.13. The zero-order valence-electron chi connectivity index (χ0n) is 11.7. The Hall–Kier alpha value is -2.15. The lowest BCUT2D eigenvalue weighted by atomic mass is 10.2. The molecule has 110 valence electrons. The van der Waals surface area contributed by atoms with E-state index in [-0.39, 0.29) is 18.4 Å². The van der Waals surface area contributed by atoms with Crippen LogP contribution in [0.4, 0.5) is 5.69 Å². The monoisotopic (exact) mass is 282 g/mol. The molecule has 0 aliphatic rings. The van der Waals surface area contributed by atoms with Gasteiger partial charge in [-0.25, -0.2) is 4.79 Å². The number of benzene rings is 1. The number of nitrogens with one attached hydrogen (secondary N) is 1. The summed E-state index contributed by atoms with van der Waals surface area (Å²) in [5.74, 6) is -0.0561. The van der Waals surface area contributed by atoms with Crippen LogP contribution in [0.5, 0.6) is 5.75 Å². The summed E-state index contributed by atoms with van der Waals surface area (Å²) in [5, 5.41) is 13.6.